The summed E-state index contributed by atoms with van der Waals surface area (Å²) >= 11 is 0. The van der Waals surface area contributed by atoms with Crippen molar-refractivity contribution in [2.45, 2.75) is 44.4 Å². The van der Waals surface area contributed by atoms with E-state index in [1.807, 2.05) is 17.0 Å². The van der Waals surface area contributed by atoms with E-state index in [1.165, 1.54) is 22.7 Å². The third-order valence-electron chi connectivity index (χ3n) is 5.46. The number of hydrogen-bond acceptors (Lipinski definition) is 4. The number of aryl methyl sites for hydroxylation is 1. The van der Waals surface area contributed by atoms with Crippen LogP contribution in [0.15, 0.2) is 40.1 Å². The monoisotopic (exact) mass is 368 g/mol. The average molecular weight is 368 g/mol. The molecule has 1 fully saturated rings. The van der Waals surface area contributed by atoms with Gasteiger partial charge in [0.05, 0.1) is 6.04 Å². The molecule has 1 amide bonds. The Bertz CT molecular complexity index is 1000. The Kier molecular flexibility index (Phi) is 4.47. The Morgan fingerprint density at radius 1 is 1.15 bits per heavy atom. The maximum Gasteiger partial charge on any atom is 0.330 e. The van der Waals surface area contributed by atoms with Crippen LogP contribution in [0.25, 0.3) is 0 Å². The lowest BCUT2D eigenvalue weighted by Crippen LogP contribution is -2.51. The van der Waals surface area contributed by atoms with Crippen LogP contribution >= 0.6 is 0 Å². The Morgan fingerprint density at radius 3 is 2.56 bits per heavy atom. The number of carbonyl (C=O) groups is 1. The number of rotatable bonds is 4. The summed E-state index contributed by atoms with van der Waals surface area (Å²) in [5, 5.41) is 3.10. The molecule has 2 heterocycles. The number of amides is 1. The molecule has 7 nitrogen and oxygen atoms in total. The maximum absolute atomic E-state index is 12.8. The molecule has 1 aliphatic heterocycles. The van der Waals surface area contributed by atoms with Gasteiger partial charge in [-0.2, -0.15) is 0 Å². The summed E-state index contributed by atoms with van der Waals surface area (Å²) in [4.78, 5) is 39.4. The predicted octanol–water partition coefficient (Wildman–Crippen LogP) is 0.290. The van der Waals surface area contributed by atoms with Crippen LogP contribution in [-0.4, -0.2) is 32.0 Å². The first-order valence-electron chi connectivity index (χ1n) is 9.31. The van der Waals surface area contributed by atoms with Gasteiger partial charge in [0.15, 0.2) is 0 Å². The van der Waals surface area contributed by atoms with Crippen LogP contribution in [0.5, 0.6) is 0 Å². The quantitative estimate of drug-likeness (QED) is 0.842. The first kappa shape index (κ1) is 17.7. The average Bonchev–Trinajstić information content (AvgIpc) is 3.47. The second-order valence-corrected chi connectivity index (χ2v) is 7.59. The Hall–Kier alpha value is -2.67. The highest BCUT2D eigenvalue weighted by Crippen LogP contribution is 2.26. The molecule has 7 heteroatoms. The number of hydrogen-bond donors (Lipinski definition) is 1. The second kappa shape index (κ2) is 6.81. The lowest BCUT2D eigenvalue weighted by atomic mass is 9.93. The minimum absolute atomic E-state index is 0.0219. The van der Waals surface area contributed by atoms with Crippen LogP contribution in [0.1, 0.15) is 29.5 Å². The van der Waals surface area contributed by atoms with Crippen molar-refractivity contribution in [2.75, 3.05) is 0 Å². The number of fused-ring (bicyclic) bond motifs is 1. The molecule has 0 bridgehead atoms. The molecule has 1 atom stereocenters. The molecule has 142 valence electrons. The van der Waals surface area contributed by atoms with Crippen molar-refractivity contribution < 1.29 is 4.79 Å². The Labute approximate surface area is 157 Å². The zero-order valence-electron chi connectivity index (χ0n) is 15.6. The largest absolute Gasteiger partial charge is 0.352 e. The second-order valence-electron chi connectivity index (χ2n) is 7.59. The fourth-order valence-electron chi connectivity index (χ4n) is 3.74. The zero-order chi connectivity index (χ0) is 19.1. The first-order valence-corrected chi connectivity index (χ1v) is 9.31. The Balaban J connectivity index is 1.67. The van der Waals surface area contributed by atoms with Crippen molar-refractivity contribution in [3.05, 3.63) is 68.0 Å². The highest BCUT2D eigenvalue weighted by Gasteiger charge is 2.34. The van der Waals surface area contributed by atoms with Gasteiger partial charge in [0.2, 0.25) is 5.91 Å². The first-order chi connectivity index (χ1) is 12.9. The number of nitrogens with zero attached hydrogens (tertiary/aromatic N) is 3. The van der Waals surface area contributed by atoms with Crippen molar-refractivity contribution in [1.82, 2.24) is 19.4 Å². The van der Waals surface area contributed by atoms with E-state index in [0.717, 1.165) is 17.4 Å². The van der Waals surface area contributed by atoms with E-state index in [0.29, 0.717) is 31.1 Å². The molecule has 1 aromatic heterocycles. The van der Waals surface area contributed by atoms with Gasteiger partial charge in [-0.3, -0.25) is 19.1 Å². The van der Waals surface area contributed by atoms with E-state index in [9.17, 15) is 14.4 Å². The van der Waals surface area contributed by atoms with Gasteiger partial charge in [-0.05, 0) is 30.4 Å². The van der Waals surface area contributed by atoms with E-state index in [1.54, 1.807) is 13.2 Å². The predicted molar refractivity (Wildman–Crippen MR) is 101 cm³/mol. The van der Waals surface area contributed by atoms with Crippen molar-refractivity contribution in [3.8, 4) is 0 Å². The molecule has 0 unspecified atom stereocenters. The molecule has 1 N–H and O–H groups in total. The summed E-state index contributed by atoms with van der Waals surface area (Å²) in [6.45, 7) is 0.933. The third-order valence-corrected chi connectivity index (χ3v) is 5.46. The minimum atomic E-state index is -0.351. The highest BCUT2D eigenvalue weighted by atomic mass is 16.2. The number of aromatic nitrogens is 2. The normalized spacial score (nSPS) is 19.6. The summed E-state index contributed by atoms with van der Waals surface area (Å²) in [6.07, 6.45) is 4.29. The van der Waals surface area contributed by atoms with E-state index in [4.69, 9.17) is 0 Å². The summed E-state index contributed by atoms with van der Waals surface area (Å²) < 4.78 is 2.53. The number of carbonyl (C=O) groups excluding carboxylic acids is 1. The standard InChI is InChI=1S/C20H24N4O3/c1-22-10-15(19(26)23(2)20(22)27)12-24-11-14-6-4-3-5-13(14)9-17(24)18(25)21-16-7-8-16/h3-6,10,16-17H,7-9,11-12H2,1-2H3,(H,21,25)/t17-/m1/s1. The van der Waals surface area contributed by atoms with Gasteiger partial charge < -0.3 is 9.88 Å². The van der Waals surface area contributed by atoms with E-state index < -0.39 is 0 Å². The summed E-state index contributed by atoms with van der Waals surface area (Å²) in [6, 6.07) is 8.09. The molecule has 2 aliphatic rings. The van der Waals surface area contributed by atoms with Crippen LogP contribution in [0.3, 0.4) is 0 Å². The molecule has 0 radical (unpaired) electrons. The molecule has 2 aromatic rings. The molecule has 1 aromatic carbocycles. The fourth-order valence-corrected chi connectivity index (χ4v) is 3.74. The lowest BCUT2D eigenvalue weighted by molar-refractivity contribution is -0.127. The summed E-state index contributed by atoms with van der Waals surface area (Å²) in [7, 11) is 3.12. The van der Waals surface area contributed by atoms with Crippen molar-refractivity contribution in [3.63, 3.8) is 0 Å². The molecule has 1 saturated carbocycles. The van der Waals surface area contributed by atoms with Crippen molar-refractivity contribution >= 4 is 5.91 Å². The number of nitrogens with one attached hydrogen (secondary N) is 1. The topological polar surface area (TPSA) is 76.3 Å². The molecule has 1 aliphatic carbocycles. The molecule has 0 saturated heterocycles. The van der Waals surface area contributed by atoms with Gasteiger partial charge in [-0.1, -0.05) is 24.3 Å². The van der Waals surface area contributed by atoms with Crippen LogP contribution in [0.4, 0.5) is 0 Å². The minimum Gasteiger partial charge on any atom is -0.352 e. The number of benzene rings is 1. The van der Waals surface area contributed by atoms with Gasteiger partial charge in [-0.25, -0.2) is 4.79 Å². The van der Waals surface area contributed by atoms with Crippen molar-refractivity contribution in [2.24, 2.45) is 14.1 Å². The van der Waals surface area contributed by atoms with Gasteiger partial charge in [-0.15, -0.1) is 0 Å². The molecular formula is C20H24N4O3. The smallest absolute Gasteiger partial charge is 0.330 e. The SMILES string of the molecule is Cn1cc(CN2Cc3ccccc3C[C@@H]2C(=O)NC2CC2)c(=O)n(C)c1=O. The van der Waals surface area contributed by atoms with Gasteiger partial charge in [0.25, 0.3) is 5.56 Å². The van der Waals surface area contributed by atoms with E-state index in [2.05, 4.69) is 17.4 Å². The van der Waals surface area contributed by atoms with Crippen LogP contribution < -0.4 is 16.6 Å². The summed E-state index contributed by atoms with van der Waals surface area (Å²) in [5.74, 6) is 0.0219. The van der Waals surface area contributed by atoms with Gasteiger partial charge in [0, 0.05) is 45.0 Å². The van der Waals surface area contributed by atoms with Gasteiger partial charge in [0.1, 0.15) is 0 Å². The Morgan fingerprint density at radius 2 is 1.85 bits per heavy atom. The molecule has 0 spiro atoms. The zero-order valence-corrected chi connectivity index (χ0v) is 15.6. The van der Waals surface area contributed by atoms with Crippen LogP contribution in [0.2, 0.25) is 0 Å². The molecule has 27 heavy (non-hydrogen) atoms. The van der Waals surface area contributed by atoms with Crippen LogP contribution in [-0.2, 0) is 38.4 Å². The molecule has 4 rings (SSSR count). The highest BCUT2D eigenvalue weighted by molar-refractivity contribution is 5.83. The third kappa shape index (κ3) is 3.47. The fraction of sp³-hybridized carbons (Fsp3) is 0.450. The molecular weight excluding hydrogens is 344 g/mol. The van der Waals surface area contributed by atoms with Crippen LogP contribution in [0, 0.1) is 0 Å². The van der Waals surface area contributed by atoms with Gasteiger partial charge >= 0.3 is 5.69 Å². The van der Waals surface area contributed by atoms with E-state index >= 15 is 0 Å². The summed E-state index contributed by atoms with van der Waals surface area (Å²) in [5.41, 5.74) is 2.21. The lowest BCUT2D eigenvalue weighted by Gasteiger charge is -2.36. The van der Waals surface area contributed by atoms with Crippen molar-refractivity contribution in [1.29, 1.82) is 0 Å². The maximum atomic E-state index is 12.8. The van der Waals surface area contributed by atoms with E-state index in [-0.39, 0.29) is 23.2 Å².